The molecule has 11 heteroatoms. The van der Waals surface area contributed by atoms with Gasteiger partial charge in [-0.15, -0.1) is 0 Å². The first-order valence-electron chi connectivity index (χ1n) is 14.1. The van der Waals surface area contributed by atoms with E-state index in [0.29, 0.717) is 36.3 Å². The van der Waals surface area contributed by atoms with Crippen molar-refractivity contribution in [3.05, 3.63) is 98.7 Å². The van der Waals surface area contributed by atoms with E-state index in [0.717, 1.165) is 37.1 Å². The second-order valence-corrected chi connectivity index (χ2v) is 10.1. The normalized spacial score (nSPS) is 14.2. The maximum Gasteiger partial charge on any atom is 0.337 e. The van der Waals surface area contributed by atoms with Crippen LogP contribution in [0.15, 0.2) is 60.4 Å². The summed E-state index contributed by atoms with van der Waals surface area (Å²) in [5, 5.41) is 11.1. The van der Waals surface area contributed by atoms with Crippen molar-refractivity contribution in [2.45, 2.75) is 59.0 Å². The van der Waals surface area contributed by atoms with E-state index in [2.05, 4.69) is 11.9 Å². The number of esters is 1. The Balaban J connectivity index is 1.71. The molecular weight excluding hydrogens is 538 g/mol. The first kappa shape index (κ1) is 30.2. The molecule has 1 aliphatic rings. The molecule has 0 bridgehead atoms. The fourth-order valence-electron chi connectivity index (χ4n) is 4.75. The molecule has 0 saturated carbocycles. The van der Waals surface area contributed by atoms with Crippen molar-refractivity contribution in [2.24, 2.45) is 0 Å². The highest BCUT2D eigenvalue weighted by Gasteiger charge is 2.40. The summed E-state index contributed by atoms with van der Waals surface area (Å²) in [5.41, 5.74) is 2.88. The van der Waals surface area contributed by atoms with Crippen molar-refractivity contribution in [1.82, 2.24) is 19.4 Å². The van der Waals surface area contributed by atoms with E-state index in [4.69, 9.17) is 4.74 Å². The molecule has 0 unspecified atom stereocenters. The Morgan fingerprint density at radius 1 is 0.952 bits per heavy atom. The van der Waals surface area contributed by atoms with E-state index in [1.54, 1.807) is 36.5 Å². The number of ether oxygens (including phenoxy) is 1. The first-order valence-corrected chi connectivity index (χ1v) is 14.1. The van der Waals surface area contributed by atoms with Crippen LogP contribution in [-0.4, -0.2) is 55.8 Å². The lowest BCUT2D eigenvalue weighted by Gasteiger charge is -2.17. The van der Waals surface area contributed by atoms with Gasteiger partial charge in [-0.3, -0.25) is 24.7 Å². The minimum Gasteiger partial charge on any atom is -0.465 e. The Bertz CT molecular complexity index is 1480. The number of amides is 3. The van der Waals surface area contributed by atoms with Crippen molar-refractivity contribution in [2.75, 3.05) is 13.7 Å². The first-order chi connectivity index (χ1) is 20.3. The van der Waals surface area contributed by atoms with Crippen LogP contribution in [0.5, 0.6) is 0 Å². The van der Waals surface area contributed by atoms with Gasteiger partial charge in [-0.1, -0.05) is 51.0 Å². The number of imide groups is 1. The van der Waals surface area contributed by atoms with E-state index in [1.165, 1.54) is 29.0 Å². The summed E-state index contributed by atoms with van der Waals surface area (Å²) in [6.07, 6.45) is 7.56. The van der Waals surface area contributed by atoms with Crippen molar-refractivity contribution in [3.8, 4) is 0 Å². The molecule has 220 valence electrons. The number of imidazole rings is 1. The number of hydrogen-bond acceptors (Lipinski definition) is 7. The zero-order chi connectivity index (χ0) is 30.2. The van der Waals surface area contributed by atoms with Gasteiger partial charge in [0.05, 0.1) is 36.0 Å². The molecule has 2 heterocycles. The van der Waals surface area contributed by atoms with Gasteiger partial charge in [0.25, 0.3) is 11.6 Å². The van der Waals surface area contributed by atoms with E-state index >= 15 is 0 Å². The molecule has 3 aromatic rings. The minimum absolute atomic E-state index is 0.0500. The number of hydrogen-bond donors (Lipinski definition) is 0. The molecule has 0 radical (unpaired) electrons. The van der Waals surface area contributed by atoms with E-state index in [-0.39, 0.29) is 23.8 Å². The number of benzene rings is 2. The number of carbonyl (C=O) groups excluding carboxylic acids is 3. The molecule has 3 amide bonds. The lowest BCUT2D eigenvalue weighted by molar-refractivity contribution is -0.384. The molecule has 4 rings (SSSR count). The van der Waals surface area contributed by atoms with Crippen LogP contribution in [0, 0.1) is 10.1 Å². The van der Waals surface area contributed by atoms with Crippen LogP contribution in [-0.2, 0) is 29.0 Å². The number of nitro benzene ring substituents is 1. The van der Waals surface area contributed by atoms with Crippen molar-refractivity contribution < 1.29 is 24.0 Å². The number of urea groups is 1. The van der Waals surface area contributed by atoms with E-state index in [9.17, 15) is 24.5 Å². The molecule has 2 aromatic carbocycles. The third-order valence-corrected chi connectivity index (χ3v) is 7.16. The number of carbonyl (C=O) groups is 3. The topological polar surface area (TPSA) is 128 Å². The number of non-ortho nitro benzene ring substituents is 1. The third kappa shape index (κ3) is 6.73. The zero-order valence-electron chi connectivity index (χ0n) is 24.1. The van der Waals surface area contributed by atoms with Gasteiger partial charge in [-0.25, -0.2) is 14.6 Å². The van der Waals surface area contributed by atoms with Gasteiger partial charge in [0.1, 0.15) is 11.5 Å². The number of rotatable bonds is 13. The summed E-state index contributed by atoms with van der Waals surface area (Å²) in [7, 11) is 1.34. The Labute approximate surface area is 244 Å². The largest absolute Gasteiger partial charge is 0.465 e. The number of nitro groups is 1. The van der Waals surface area contributed by atoms with Gasteiger partial charge < -0.3 is 9.30 Å². The summed E-state index contributed by atoms with van der Waals surface area (Å²) in [5.74, 6) is 0.0475. The second-order valence-electron chi connectivity index (χ2n) is 10.1. The van der Waals surface area contributed by atoms with Crippen molar-refractivity contribution >= 4 is 29.7 Å². The summed E-state index contributed by atoms with van der Waals surface area (Å²) < 4.78 is 6.82. The quantitative estimate of drug-likeness (QED) is 0.0859. The number of aryl methyl sites for hydroxylation is 1. The fraction of sp³-hybridized carbons (Fsp3) is 0.355. The van der Waals surface area contributed by atoms with Crippen LogP contribution in [0.25, 0.3) is 6.08 Å². The SMILES string of the molecule is CCCCc1ncc(C=C2C(=O)N(CCCC)C(=O)N2Cc2ccc([N+](=O)[O-])cc2)n1Cc1ccc(C(=O)OC)cc1. The molecule has 1 fully saturated rings. The highest BCUT2D eigenvalue weighted by Crippen LogP contribution is 2.28. The molecule has 0 spiro atoms. The van der Waals surface area contributed by atoms with Gasteiger partial charge in [0.2, 0.25) is 0 Å². The standard InChI is InChI=1S/C31H35N5O6/c1-4-6-8-28-32-19-26(34(28)20-22-9-13-24(14-10-22)30(38)42-3)18-27-29(37)33(17-7-5-2)31(39)35(27)21-23-11-15-25(16-12-23)36(40)41/h9-16,18-19H,4-8,17,20-21H2,1-3H3. The molecule has 0 aliphatic carbocycles. The second kappa shape index (κ2) is 13.7. The average molecular weight is 574 g/mol. The van der Waals surface area contributed by atoms with Gasteiger partial charge in [-0.2, -0.15) is 0 Å². The molecule has 0 N–H and O–H groups in total. The maximum atomic E-state index is 13.6. The molecular formula is C31H35N5O6. The lowest BCUT2D eigenvalue weighted by atomic mass is 10.1. The Kier molecular flexibility index (Phi) is 9.85. The van der Waals surface area contributed by atoms with Gasteiger partial charge in [-0.05, 0) is 42.2 Å². The van der Waals surface area contributed by atoms with Crippen LogP contribution >= 0.6 is 0 Å². The van der Waals surface area contributed by atoms with E-state index in [1.807, 2.05) is 23.6 Å². The minimum atomic E-state index is -0.480. The predicted molar refractivity (Wildman–Crippen MR) is 156 cm³/mol. The highest BCUT2D eigenvalue weighted by molar-refractivity contribution is 6.13. The van der Waals surface area contributed by atoms with Crippen LogP contribution in [0.1, 0.15) is 72.5 Å². The number of unbranched alkanes of at least 4 members (excludes halogenated alkanes) is 2. The van der Waals surface area contributed by atoms with Crippen molar-refractivity contribution in [3.63, 3.8) is 0 Å². The summed E-state index contributed by atoms with van der Waals surface area (Å²) in [6, 6.07) is 12.6. The monoisotopic (exact) mass is 573 g/mol. The summed E-state index contributed by atoms with van der Waals surface area (Å²) >= 11 is 0. The maximum absolute atomic E-state index is 13.6. The zero-order valence-corrected chi connectivity index (χ0v) is 24.1. The van der Waals surface area contributed by atoms with Gasteiger partial charge >= 0.3 is 12.0 Å². The third-order valence-electron chi connectivity index (χ3n) is 7.16. The molecule has 1 aliphatic heterocycles. The Hall–Kier alpha value is -4.80. The van der Waals surface area contributed by atoms with Crippen LogP contribution in [0.2, 0.25) is 0 Å². The van der Waals surface area contributed by atoms with Crippen LogP contribution in [0.4, 0.5) is 10.5 Å². The van der Waals surface area contributed by atoms with Crippen molar-refractivity contribution in [1.29, 1.82) is 0 Å². The molecule has 42 heavy (non-hydrogen) atoms. The molecule has 1 saturated heterocycles. The Morgan fingerprint density at radius 2 is 1.60 bits per heavy atom. The number of aromatic nitrogens is 2. The van der Waals surface area contributed by atoms with E-state index < -0.39 is 16.9 Å². The number of methoxy groups -OCH3 is 1. The molecule has 11 nitrogen and oxygen atoms in total. The predicted octanol–water partition coefficient (Wildman–Crippen LogP) is 5.57. The highest BCUT2D eigenvalue weighted by atomic mass is 16.6. The number of nitrogens with zero attached hydrogens (tertiary/aromatic N) is 5. The molecule has 1 aromatic heterocycles. The van der Waals surface area contributed by atoms with Crippen LogP contribution < -0.4 is 0 Å². The van der Waals surface area contributed by atoms with Gasteiger partial charge in [0, 0.05) is 31.6 Å². The average Bonchev–Trinajstić information content (AvgIpc) is 3.47. The van der Waals surface area contributed by atoms with Gasteiger partial charge in [0.15, 0.2) is 0 Å². The summed E-state index contributed by atoms with van der Waals surface area (Å²) in [4.78, 5) is 56.9. The smallest absolute Gasteiger partial charge is 0.337 e. The van der Waals surface area contributed by atoms with Crippen LogP contribution in [0.3, 0.4) is 0 Å². The Morgan fingerprint density at radius 3 is 2.21 bits per heavy atom. The lowest BCUT2D eigenvalue weighted by Crippen LogP contribution is -2.33. The molecule has 0 atom stereocenters. The fourth-order valence-corrected chi connectivity index (χ4v) is 4.75. The summed E-state index contributed by atoms with van der Waals surface area (Å²) in [6.45, 7) is 4.93.